The maximum absolute atomic E-state index is 6.30. The van der Waals surface area contributed by atoms with E-state index in [4.69, 9.17) is 10.8 Å². The molecule has 1 aliphatic rings. The molecular formula is C18H25N3. The first-order valence-electron chi connectivity index (χ1n) is 8.00. The number of nitrogen functional groups attached to an aromatic ring is 1. The van der Waals surface area contributed by atoms with Gasteiger partial charge in [0.1, 0.15) is 5.82 Å². The lowest BCUT2D eigenvalue weighted by Gasteiger charge is -2.11. The molecule has 1 fully saturated rings. The first kappa shape index (κ1) is 14.2. The van der Waals surface area contributed by atoms with Crippen molar-refractivity contribution in [2.45, 2.75) is 51.4 Å². The zero-order chi connectivity index (χ0) is 15.0. The number of benzene rings is 1. The Morgan fingerprint density at radius 3 is 2.33 bits per heavy atom. The van der Waals surface area contributed by atoms with Crippen molar-refractivity contribution in [3.63, 3.8) is 0 Å². The van der Waals surface area contributed by atoms with Crippen LogP contribution in [0.25, 0.3) is 11.1 Å². The molecule has 1 aromatic carbocycles. The molecule has 1 aliphatic carbocycles. The molecule has 112 valence electrons. The predicted molar refractivity (Wildman–Crippen MR) is 88.4 cm³/mol. The molecule has 3 rings (SSSR count). The van der Waals surface area contributed by atoms with Gasteiger partial charge in [-0.05, 0) is 29.9 Å². The summed E-state index contributed by atoms with van der Waals surface area (Å²) in [7, 11) is 1.94. The maximum Gasteiger partial charge on any atom is 0.129 e. The summed E-state index contributed by atoms with van der Waals surface area (Å²) in [5.41, 5.74) is 11.2. The van der Waals surface area contributed by atoms with E-state index in [1.165, 1.54) is 42.5 Å². The van der Waals surface area contributed by atoms with E-state index in [1.807, 2.05) is 11.7 Å². The second-order valence-corrected chi connectivity index (χ2v) is 6.53. The number of aryl methyl sites for hydroxylation is 1. The zero-order valence-corrected chi connectivity index (χ0v) is 13.3. The second-order valence-electron chi connectivity index (χ2n) is 6.53. The van der Waals surface area contributed by atoms with Crippen LogP contribution in [-0.2, 0) is 7.05 Å². The quantitative estimate of drug-likeness (QED) is 0.904. The van der Waals surface area contributed by atoms with Gasteiger partial charge in [-0.25, -0.2) is 0 Å². The van der Waals surface area contributed by atoms with E-state index in [0.717, 1.165) is 11.4 Å². The summed E-state index contributed by atoms with van der Waals surface area (Å²) in [6, 6.07) is 8.82. The predicted octanol–water partition coefficient (Wildman–Crippen LogP) is 4.45. The van der Waals surface area contributed by atoms with Crippen LogP contribution >= 0.6 is 0 Å². The van der Waals surface area contributed by atoms with E-state index in [0.29, 0.717) is 11.8 Å². The molecule has 21 heavy (non-hydrogen) atoms. The second kappa shape index (κ2) is 5.55. The summed E-state index contributed by atoms with van der Waals surface area (Å²) in [5, 5.41) is 4.72. The van der Waals surface area contributed by atoms with Crippen molar-refractivity contribution >= 4 is 5.82 Å². The van der Waals surface area contributed by atoms with Crippen LogP contribution in [0.4, 0.5) is 5.82 Å². The van der Waals surface area contributed by atoms with Gasteiger partial charge < -0.3 is 5.73 Å². The van der Waals surface area contributed by atoms with Crippen molar-refractivity contribution in [3.05, 3.63) is 35.5 Å². The minimum absolute atomic E-state index is 0.555. The van der Waals surface area contributed by atoms with E-state index in [1.54, 1.807) is 0 Å². The Kier molecular flexibility index (Phi) is 3.75. The number of nitrogens with zero attached hydrogens (tertiary/aromatic N) is 2. The van der Waals surface area contributed by atoms with Crippen molar-refractivity contribution in [2.24, 2.45) is 7.05 Å². The fraction of sp³-hybridized carbons (Fsp3) is 0.500. The Morgan fingerprint density at radius 2 is 1.76 bits per heavy atom. The lowest BCUT2D eigenvalue weighted by molar-refractivity contribution is 0.661. The molecule has 0 amide bonds. The molecule has 0 bridgehead atoms. The zero-order valence-electron chi connectivity index (χ0n) is 13.3. The van der Waals surface area contributed by atoms with Crippen LogP contribution < -0.4 is 5.73 Å². The van der Waals surface area contributed by atoms with Crippen molar-refractivity contribution in [3.8, 4) is 11.1 Å². The molecule has 0 unspecified atom stereocenters. The van der Waals surface area contributed by atoms with Gasteiger partial charge >= 0.3 is 0 Å². The Hall–Kier alpha value is -1.77. The maximum atomic E-state index is 6.30. The lowest BCUT2D eigenvalue weighted by atomic mass is 9.94. The first-order valence-corrected chi connectivity index (χ1v) is 8.00. The van der Waals surface area contributed by atoms with E-state index >= 15 is 0 Å². The Bertz CT molecular complexity index is 617. The van der Waals surface area contributed by atoms with Crippen molar-refractivity contribution < 1.29 is 0 Å². The first-order chi connectivity index (χ1) is 10.1. The SMILES string of the molecule is CC(C)c1ccc(-c2c(C3CCCC3)nn(C)c2N)cc1. The smallest absolute Gasteiger partial charge is 0.129 e. The Morgan fingerprint density at radius 1 is 1.14 bits per heavy atom. The highest BCUT2D eigenvalue weighted by atomic mass is 15.3. The average Bonchev–Trinajstić information content (AvgIpc) is 3.09. The van der Waals surface area contributed by atoms with Gasteiger partial charge in [-0.1, -0.05) is 51.0 Å². The van der Waals surface area contributed by atoms with Gasteiger partial charge in [-0.15, -0.1) is 0 Å². The number of nitrogens with two attached hydrogens (primary N) is 1. The summed E-state index contributed by atoms with van der Waals surface area (Å²) in [4.78, 5) is 0. The lowest BCUT2D eigenvalue weighted by Crippen LogP contribution is -1.98. The van der Waals surface area contributed by atoms with Crippen LogP contribution in [0.5, 0.6) is 0 Å². The molecule has 1 saturated carbocycles. The van der Waals surface area contributed by atoms with Gasteiger partial charge in [0.05, 0.1) is 5.69 Å². The largest absolute Gasteiger partial charge is 0.383 e. The van der Waals surface area contributed by atoms with Crippen molar-refractivity contribution in [1.29, 1.82) is 0 Å². The third-order valence-electron chi connectivity index (χ3n) is 4.73. The molecule has 3 nitrogen and oxygen atoms in total. The molecule has 2 N–H and O–H groups in total. The molecule has 0 spiro atoms. The fourth-order valence-corrected chi connectivity index (χ4v) is 3.37. The van der Waals surface area contributed by atoms with Gasteiger partial charge in [0.15, 0.2) is 0 Å². The van der Waals surface area contributed by atoms with E-state index < -0.39 is 0 Å². The molecule has 0 radical (unpaired) electrons. The summed E-state index contributed by atoms with van der Waals surface area (Å²) >= 11 is 0. The molecule has 0 aliphatic heterocycles. The standard InChI is InChI=1S/C18H25N3/c1-12(2)13-8-10-14(11-9-13)16-17(15-6-4-5-7-15)20-21(3)18(16)19/h8-12,15H,4-7,19H2,1-3H3. The molecule has 3 heteroatoms. The Balaban J connectivity index is 2.04. The molecule has 0 atom stereocenters. The summed E-state index contributed by atoms with van der Waals surface area (Å²) < 4.78 is 1.83. The number of hydrogen-bond donors (Lipinski definition) is 1. The monoisotopic (exact) mass is 283 g/mol. The molecular weight excluding hydrogens is 258 g/mol. The van der Waals surface area contributed by atoms with Crippen LogP contribution in [0.2, 0.25) is 0 Å². The van der Waals surface area contributed by atoms with Gasteiger partial charge in [0, 0.05) is 18.5 Å². The van der Waals surface area contributed by atoms with E-state index in [9.17, 15) is 0 Å². The summed E-state index contributed by atoms with van der Waals surface area (Å²) in [6.45, 7) is 4.44. The highest BCUT2D eigenvalue weighted by Gasteiger charge is 2.26. The highest BCUT2D eigenvalue weighted by molar-refractivity contribution is 5.77. The minimum Gasteiger partial charge on any atom is -0.383 e. The summed E-state index contributed by atoms with van der Waals surface area (Å²) in [5.74, 6) is 1.92. The third kappa shape index (κ3) is 2.57. The third-order valence-corrected chi connectivity index (χ3v) is 4.73. The highest BCUT2D eigenvalue weighted by Crippen LogP contribution is 2.41. The topological polar surface area (TPSA) is 43.8 Å². The molecule has 1 aromatic heterocycles. The van der Waals surface area contributed by atoms with E-state index in [2.05, 4.69) is 38.1 Å². The van der Waals surface area contributed by atoms with Gasteiger partial charge in [0.2, 0.25) is 0 Å². The van der Waals surface area contributed by atoms with Gasteiger partial charge in [-0.2, -0.15) is 5.10 Å². The van der Waals surface area contributed by atoms with Crippen molar-refractivity contribution in [2.75, 3.05) is 5.73 Å². The normalized spacial score (nSPS) is 16.0. The van der Waals surface area contributed by atoms with Crippen molar-refractivity contribution in [1.82, 2.24) is 9.78 Å². The average molecular weight is 283 g/mol. The molecule has 1 heterocycles. The van der Waals surface area contributed by atoms with Gasteiger partial charge in [0.25, 0.3) is 0 Å². The van der Waals surface area contributed by atoms with Crippen LogP contribution in [0, 0.1) is 0 Å². The number of aromatic nitrogens is 2. The summed E-state index contributed by atoms with van der Waals surface area (Å²) in [6.07, 6.45) is 5.11. The van der Waals surface area contributed by atoms with Crippen LogP contribution in [0.3, 0.4) is 0 Å². The van der Waals surface area contributed by atoms with Crippen LogP contribution in [0.1, 0.15) is 62.6 Å². The number of hydrogen-bond acceptors (Lipinski definition) is 2. The van der Waals surface area contributed by atoms with Gasteiger partial charge in [-0.3, -0.25) is 4.68 Å². The fourth-order valence-electron chi connectivity index (χ4n) is 3.37. The molecule has 0 saturated heterocycles. The molecule has 2 aromatic rings. The number of rotatable bonds is 3. The number of anilines is 1. The van der Waals surface area contributed by atoms with Crippen LogP contribution in [0.15, 0.2) is 24.3 Å². The Labute approximate surface area is 127 Å². The van der Waals surface area contributed by atoms with Crippen LogP contribution in [-0.4, -0.2) is 9.78 Å². The van der Waals surface area contributed by atoms with E-state index in [-0.39, 0.29) is 0 Å². The minimum atomic E-state index is 0.555.